The Hall–Kier alpha value is -1.58. The summed E-state index contributed by atoms with van der Waals surface area (Å²) < 4.78 is 0. The van der Waals surface area contributed by atoms with Crippen LogP contribution in [0.25, 0.3) is 0 Å². The lowest BCUT2D eigenvalue weighted by atomic mass is 10.0. The summed E-state index contributed by atoms with van der Waals surface area (Å²) in [5.74, 6) is 0. The molecule has 2 aromatic rings. The highest BCUT2D eigenvalue weighted by atomic mass is 35.5. The molecule has 1 heterocycles. The van der Waals surface area contributed by atoms with Crippen LogP contribution in [0.3, 0.4) is 0 Å². The van der Waals surface area contributed by atoms with E-state index in [0.717, 1.165) is 41.4 Å². The van der Waals surface area contributed by atoms with Gasteiger partial charge < -0.3 is 10.6 Å². The Kier molecular flexibility index (Phi) is 5.59. The van der Waals surface area contributed by atoms with Gasteiger partial charge in [0.25, 0.3) is 0 Å². The zero-order valence-electron chi connectivity index (χ0n) is 12.6. The summed E-state index contributed by atoms with van der Waals surface area (Å²) in [5.41, 5.74) is 9.31. The summed E-state index contributed by atoms with van der Waals surface area (Å²) in [6, 6.07) is 12.1. The largest absolute Gasteiger partial charge is 0.374 e. The maximum Gasteiger partial charge on any atom is 0.0459 e. The first-order valence-corrected chi connectivity index (χ1v) is 7.59. The van der Waals surface area contributed by atoms with Crippen LogP contribution in [0.2, 0.25) is 5.02 Å². The molecule has 112 valence electrons. The van der Waals surface area contributed by atoms with Gasteiger partial charge in [-0.3, -0.25) is 4.98 Å². The van der Waals surface area contributed by atoms with E-state index in [1.54, 1.807) is 0 Å². The molecule has 3 nitrogen and oxygen atoms in total. The number of rotatable bonds is 6. The first-order valence-electron chi connectivity index (χ1n) is 7.22. The standard InChI is InChI=1S/C17H22ClN3/c1-13(19)12-15-16(18)7-5-8-17(15)21(2)11-9-14-6-3-4-10-20-14/h3-8,10,13H,9,11-12,19H2,1-2H3. The molecule has 0 fully saturated rings. The minimum atomic E-state index is 0.0906. The molecular weight excluding hydrogens is 282 g/mol. The van der Waals surface area contributed by atoms with E-state index in [1.807, 2.05) is 37.4 Å². The molecule has 21 heavy (non-hydrogen) atoms. The van der Waals surface area contributed by atoms with Gasteiger partial charge in [0.15, 0.2) is 0 Å². The van der Waals surface area contributed by atoms with E-state index in [-0.39, 0.29) is 6.04 Å². The van der Waals surface area contributed by atoms with Crippen molar-refractivity contribution in [2.45, 2.75) is 25.8 Å². The van der Waals surface area contributed by atoms with E-state index in [0.29, 0.717) is 0 Å². The van der Waals surface area contributed by atoms with E-state index in [9.17, 15) is 0 Å². The second-order valence-corrected chi connectivity index (χ2v) is 5.82. The van der Waals surface area contributed by atoms with Gasteiger partial charge in [-0.1, -0.05) is 23.7 Å². The normalized spacial score (nSPS) is 12.2. The Bertz CT molecular complexity index is 570. The Labute approximate surface area is 131 Å². The molecule has 2 rings (SSSR count). The number of benzene rings is 1. The van der Waals surface area contributed by atoms with E-state index >= 15 is 0 Å². The number of hydrogen-bond donors (Lipinski definition) is 1. The Balaban J connectivity index is 2.11. The van der Waals surface area contributed by atoms with Crippen LogP contribution in [0.15, 0.2) is 42.6 Å². The van der Waals surface area contributed by atoms with Crippen LogP contribution in [0.5, 0.6) is 0 Å². The molecule has 2 N–H and O–H groups in total. The molecule has 0 saturated heterocycles. The predicted molar refractivity (Wildman–Crippen MR) is 90.0 cm³/mol. The predicted octanol–water partition coefficient (Wildman–Crippen LogP) is 3.30. The Morgan fingerprint density at radius 3 is 2.71 bits per heavy atom. The van der Waals surface area contributed by atoms with Gasteiger partial charge in [0, 0.05) is 48.7 Å². The maximum atomic E-state index is 6.34. The molecule has 4 heteroatoms. The second kappa shape index (κ2) is 7.43. The minimum absolute atomic E-state index is 0.0906. The Morgan fingerprint density at radius 1 is 1.24 bits per heavy atom. The molecule has 1 aromatic heterocycles. The number of anilines is 1. The SMILES string of the molecule is CC(N)Cc1c(Cl)cccc1N(C)CCc1ccccn1. The van der Waals surface area contributed by atoms with Crippen molar-refractivity contribution in [3.8, 4) is 0 Å². The third-order valence-electron chi connectivity index (χ3n) is 3.46. The second-order valence-electron chi connectivity index (χ2n) is 5.41. The van der Waals surface area contributed by atoms with Gasteiger partial charge in [-0.15, -0.1) is 0 Å². The van der Waals surface area contributed by atoms with Crippen LogP contribution in [-0.2, 0) is 12.8 Å². The lowest BCUT2D eigenvalue weighted by Crippen LogP contribution is -2.24. The van der Waals surface area contributed by atoms with Gasteiger partial charge in [-0.2, -0.15) is 0 Å². The number of pyridine rings is 1. The summed E-state index contributed by atoms with van der Waals surface area (Å²) in [4.78, 5) is 6.58. The lowest BCUT2D eigenvalue weighted by molar-refractivity contribution is 0.733. The summed E-state index contributed by atoms with van der Waals surface area (Å²) in [6.07, 6.45) is 3.51. The van der Waals surface area contributed by atoms with Crippen LogP contribution >= 0.6 is 11.6 Å². The molecule has 0 bridgehead atoms. The highest BCUT2D eigenvalue weighted by Gasteiger charge is 2.12. The van der Waals surface area contributed by atoms with Crippen LogP contribution in [0.1, 0.15) is 18.2 Å². The van der Waals surface area contributed by atoms with Gasteiger partial charge in [0.2, 0.25) is 0 Å². The molecule has 0 aliphatic heterocycles. The van der Waals surface area contributed by atoms with Crippen molar-refractivity contribution < 1.29 is 0 Å². The molecule has 0 amide bonds. The van der Waals surface area contributed by atoms with Crippen molar-refractivity contribution in [1.29, 1.82) is 0 Å². The van der Waals surface area contributed by atoms with Gasteiger partial charge in [-0.25, -0.2) is 0 Å². The molecule has 0 spiro atoms. The van der Waals surface area contributed by atoms with E-state index < -0.39 is 0 Å². The van der Waals surface area contributed by atoms with Crippen LogP contribution in [0, 0.1) is 0 Å². The van der Waals surface area contributed by atoms with Crippen LogP contribution < -0.4 is 10.6 Å². The van der Waals surface area contributed by atoms with Gasteiger partial charge >= 0.3 is 0 Å². The molecule has 1 atom stereocenters. The maximum absolute atomic E-state index is 6.34. The zero-order valence-corrected chi connectivity index (χ0v) is 13.3. The average molecular weight is 304 g/mol. The number of nitrogens with two attached hydrogens (primary N) is 1. The fraction of sp³-hybridized carbons (Fsp3) is 0.353. The summed E-state index contributed by atoms with van der Waals surface area (Å²) >= 11 is 6.34. The highest BCUT2D eigenvalue weighted by Crippen LogP contribution is 2.28. The third-order valence-corrected chi connectivity index (χ3v) is 3.82. The molecule has 1 unspecified atom stereocenters. The molecule has 0 aliphatic carbocycles. The van der Waals surface area contributed by atoms with Crippen molar-refractivity contribution in [3.05, 3.63) is 58.9 Å². The summed E-state index contributed by atoms with van der Waals surface area (Å²) in [5, 5.41) is 0.787. The Morgan fingerprint density at radius 2 is 2.05 bits per heavy atom. The first kappa shape index (κ1) is 15.8. The number of hydrogen-bond acceptors (Lipinski definition) is 3. The smallest absolute Gasteiger partial charge is 0.0459 e. The number of nitrogens with zero attached hydrogens (tertiary/aromatic N) is 2. The molecule has 1 aromatic carbocycles. The zero-order chi connectivity index (χ0) is 15.2. The van der Waals surface area contributed by atoms with Crippen molar-refractivity contribution in [2.24, 2.45) is 5.73 Å². The first-order chi connectivity index (χ1) is 10.1. The van der Waals surface area contributed by atoms with Crippen molar-refractivity contribution in [2.75, 3.05) is 18.5 Å². The van der Waals surface area contributed by atoms with Crippen LogP contribution in [-0.4, -0.2) is 24.6 Å². The fourth-order valence-electron chi connectivity index (χ4n) is 2.38. The number of halogens is 1. The van der Waals surface area contributed by atoms with Gasteiger partial charge in [-0.05, 0) is 43.2 Å². The quantitative estimate of drug-likeness (QED) is 0.890. The number of likely N-dealkylation sites (N-methyl/N-ethyl adjacent to an activating group) is 1. The molecule has 0 aliphatic rings. The number of aromatic nitrogens is 1. The minimum Gasteiger partial charge on any atom is -0.374 e. The van der Waals surface area contributed by atoms with E-state index in [4.69, 9.17) is 17.3 Å². The topological polar surface area (TPSA) is 42.1 Å². The van der Waals surface area contributed by atoms with Gasteiger partial charge in [0.1, 0.15) is 0 Å². The van der Waals surface area contributed by atoms with Gasteiger partial charge in [0.05, 0.1) is 0 Å². The van der Waals surface area contributed by atoms with E-state index in [1.165, 1.54) is 0 Å². The summed E-state index contributed by atoms with van der Waals surface area (Å²) in [7, 11) is 2.08. The average Bonchev–Trinajstić information content (AvgIpc) is 2.47. The molecule has 0 saturated carbocycles. The molecule has 0 radical (unpaired) electrons. The van der Waals surface area contributed by atoms with Crippen LogP contribution in [0.4, 0.5) is 5.69 Å². The van der Waals surface area contributed by atoms with Crippen molar-refractivity contribution >= 4 is 17.3 Å². The lowest BCUT2D eigenvalue weighted by Gasteiger charge is -2.24. The summed E-state index contributed by atoms with van der Waals surface area (Å²) in [6.45, 7) is 2.89. The van der Waals surface area contributed by atoms with Crippen molar-refractivity contribution in [1.82, 2.24) is 4.98 Å². The third kappa shape index (κ3) is 4.45. The van der Waals surface area contributed by atoms with Crippen molar-refractivity contribution in [3.63, 3.8) is 0 Å². The van der Waals surface area contributed by atoms with E-state index in [2.05, 4.69) is 29.1 Å². The fourth-order valence-corrected chi connectivity index (χ4v) is 2.62. The molecular formula is C17H22ClN3. The monoisotopic (exact) mass is 303 g/mol. The highest BCUT2D eigenvalue weighted by molar-refractivity contribution is 6.31.